The van der Waals surface area contributed by atoms with Gasteiger partial charge in [-0.15, -0.1) is 0 Å². The number of aromatic nitrogens is 2. The molecule has 2 heterocycles. The molecular formula is C14H16FN3. The van der Waals surface area contributed by atoms with Crippen molar-refractivity contribution >= 4 is 0 Å². The van der Waals surface area contributed by atoms with Gasteiger partial charge in [0.1, 0.15) is 5.82 Å². The quantitative estimate of drug-likeness (QED) is 0.897. The minimum Gasteiger partial charge on any atom is -0.334 e. The molecule has 1 N–H and O–H groups in total. The highest BCUT2D eigenvalue weighted by molar-refractivity contribution is 5.16. The summed E-state index contributed by atoms with van der Waals surface area (Å²) in [5.41, 5.74) is 2.41. The number of halogens is 1. The van der Waals surface area contributed by atoms with Gasteiger partial charge in [0, 0.05) is 37.4 Å². The van der Waals surface area contributed by atoms with Gasteiger partial charge in [-0.3, -0.25) is 0 Å². The zero-order valence-electron chi connectivity index (χ0n) is 10.1. The average Bonchev–Trinajstić information content (AvgIpc) is 2.85. The lowest BCUT2D eigenvalue weighted by Gasteiger charge is -2.24. The van der Waals surface area contributed by atoms with Crippen molar-refractivity contribution in [2.45, 2.75) is 32.0 Å². The number of hydrogen-bond acceptors (Lipinski definition) is 2. The normalized spacial score (nSPS) is 18.6. The lowest BCUT2D eigenvalue weighted by molar-refractivity contribution is 0.398. The summed E-state index contributed by atoms with van der Waals surface area (Å²) >= 11 is 0. The maximum Gasteiger partial charge on any atom is 0.123 e. The van der Waals surface area contributed by atoms with Gasteiger partial charge in [-0.05, 0) is 24.1 Å². The second kappa shape index (κ2) is 4.90. The van der Waals surface area contributed by atoms with Crippen molar-refractivity contribution < 1.29 is 4.39 Å². The summed E-state index contributed by atoms with van der Waals surface area (Å²) in [6.07, 6.45) is 5.96. The molecule has 1 aliphatic rings. The van der Waals surface area contributed by atoms with E-state index in [-0.39, 0.29) is 5.82 Å². The Kier molecular flexibility index (Phi) is 3.11. The van der Waals surface area contributed by atoms with Crippen molar-refractivity contribution in [2.24, 2.45) is 0 Å². The lowest BCUT2D eigenvalue weighted by atomic mass is 10.0. The van der Waals surface area contributed by atoms with Gasteiger partial charge in [0.15, 0.2) is 0 Å². The average molecular weight is 245 g/mol. The van der Waals surface area contributed by atoms with Gasteiger partial charge < -0.3 is 9.88 Å². The molecule has 0 saturated heterocycles. The summed E-state index contributed by atoms with van der Waals surface area (Å²) in [4.78, 5) is 4.16. The molecule has 2 aromatic rings. The smallest absolute Gasteiger partial charge is 0.123 e. The highest BCUT2D eigenvalue weighted by Gasteiger charge is 2.17. The Morgan fingerprint density at radius 3 is 3.00 bits per heavy atom. The monoisotopic (exact) mass is 245 g/mol. The highest BCUT2D eigenvalue weighted by Crippen LogP contribution is 2.14. The number of nitrogens with one attached hydrogen (secondary N) is 1. The number of imidazole rings is 1. The van der Waals surface area contributed by atoms with Crippen LogP contribution in [0.5, 0.6) is 0 Å². The van der Waals surface area contributed by atoms with E-state index in [2.05, 4.69) is 14.9 Å². The Balaban J connectivity index is 1.57. The SMILES string of the molecule is Fc1ccc(CN[C@H]2CCn3cncc3C2)cc1. The van der Waals surface area contributed by atoms with Gasteiger partial charge in [-0.2, -0.15) is 0 Å². The number of benzene rings is 1. The number of fused-ring (bicyclic) bond motifs is 1. The molecule has 1 aliphatic heterocycles. The van der Waals surface area contributed by atoms with Gasteiger partial charge in [0.05, 0.1) is 6.33 Å². The summed E-state index contributed by atoms with van der Waals surface area (Å²) in [6, 6.07) is 7.16. The summed E-state index contributed by atoms with van der Waals surface area (Å²) in [6.45, 7) is 1.81. The fourth-order valence-corrected chi connectivity index (χ4v) is 2.41. The first-order valence-corrected chi connectivity index (χ1v) is 6.28. The molecule has 4 heteroatoms. The van der Waals surface area contributed by atoms with Crippen LogP contribution >= 0.6 is 0 Å². The molecule has 1 aromatic heterocycles. The van der Waals surface area contributed by atoms with Crippen molar-refractivity contribution in [2.75, 3.05) is 0 Å². The predicted octanol–water partition coefficient (Wildman–Crippen LogP) is 2.13. The van der Waals surface area contributed by atoms with E-state index < -0.39 is 0 Å². The van der Waals surface area contributed by atoms with Crippen LogP contribution in [0.3, 0.4) is 0 Å². The van der Waals surface area contributed by atoms with Crippen LogP contribution in [-0.2, 0) is 19.5 Å². The van der Waals surface area contributed by atoms with E-state index in [0.29, 0.717) is 6.04 Å². The lowest BCUT2D eigenvalue weighted by Crippen LogP contribution is -2.35. The molecule has 0 radical (unpaired) electrons. The van der Waals surface area contributed by atoms with E-state index in [4.69, 9.17) is 0 Å². The van der Waals surface area contributed by atoms with E-state index in [1.807, 2.05) is 24.7 Å². The van der Waals surface area contributed by atoms with Gasteiger partial charge in [0.25, 0.3) is 0 Å². The van der Waals surface area contributed by atoms with Gasteiger partial charge in [0.2, 0.25) is 0 Å². The predicted molar refractivity (Wildman–Crippen MR) is 67.6 cm³/mol. The van der Waals surface area contributed by atoms with Crippen LogP contribution in [-0.4, -0.2) is 15.6 Å². The van der Waals surface area contributed by atoms with E-state index in [0.717, 1.165) is 31.5 Å². The van der Waals surface area contributed by atoms with Crippen LogP contribution in [0.15, 0.2) is 36.8 Å². The number of nitrogens with zero attached hydrogens (tertiary/aromatic N) is 2. The Morgan fingerprint density at radius 2 is 2.17 bits per heavy atom. The van der Waals surface area contributed by atoms with Crippen LogP contribution in [0.4, 0.5) is 4.39 Å². The minimum absolute atomic E-state index is 0.180. The molecule has 0 amide bonds. The van der Waals surface area contributed by atoms with Crippen molar-refractivity contribution in [3.05, 3.63) is 53.9 Å². The number of aryl methyl sites for hydroxylation is 1. The molecular weight excluding hydrogens is 229 g/mol. The summed E-state index contributed by atoms with van der Waals surface area (Å²) in [5, 5.41) is 3.52. The summed E-state index contributed by atoms with van der Waals surface area (Å²) in [5.74, 6) is -0.180. The Labute approximate surface area is 106 Å². The second-order valence-corrected chi connectivity index (χ2v) is 4.78. The topological polar surface area (TPSA) is 29.9 Å². The van der Waals surface area contributed by atoms with Crippen LogP contribution in [0.2, 0.25) is 0 Å². The Bertz CT molecular complexity index is 518. The first kappa shape index (κ1) is 11.4. The summed E-state index contributed by atoms with van der Waals surface area (Å²) < 4.78 is 15.0. The highest BCUT2D eigenvalue weighted by atomic mass is 19.1. The fraction of sp³-hybridized carbons (Fsp3) is 0.357. The van der Waals surface area contributed by atoms with Crippen LogP contribution in [0.25, 0.3) is 0 Å². The molecule has 0 aliphatic carbocycles. The first-order chi connectivity index (χ1) is 8.81. The molecule has 1 aromatic carbocycles. The molecule has 94 valence electrons. The van der Waals surface area contributed by atoms with Crippen molar-refractivity contribution in [1.82, 2.24) is 14.9 Å². The second-order valence-electron chi connectivity index (χ2n) is 4.78. The van der Waals surface area contributed by atoms with Crippen molar-refractivity contribution in [3.8, 4) is 0 Å². The molecule has 3 nitrogen and oxygen atoms in total. The van der Waals surface area contributed by atoms with Gasteiger partial charge >= 0.3 is 0 Å². The molecule has 0 fully saturated rings. The van der Waals surface area contributed by atoms with E-state index in [1.165, 1.54) is 17.8 Å². The van der Waals surface area contributed by atoms with E-state index in [9.17, 15) is 4.39 Å². The number of hydrogen-bond donors (Lipinski definition) is 1. The van der Waals surface area contributed by atoms with Crippen LogP contribution in [0, 0.1) is 5.82 Å². The van der Waals surface area contributed by atoms with Crippen molar-refractivity contribution in [3.63, 3.8) is 0 Å². The molecule has 0 bridgehead atoms. The van der Waals surface area contributed by atoms with E-state index in [1.54, 1.807) is 0 Å². The third-order valence-corrected chi connectivity index (χ3v) is 3.48. The zero-order valence-corrected chi connectivity index (χ0v) is 10.1. The molecule has 0 spiro atoms. The van der Waals surface area contributed by atoms with Crippen LogP contribution < -0.4 is 5.32 Å². The molecule has 18 heavy (non-hydrogen) atoms. The molecule has 1 atom stereocenters. The van der Waals surface area contributed by atoms with Crippen LogP contribution in [0.1, 0.15) is 17.7 Å². The third-order valence-electron chi connectivity index (χ3n) is 3.48. The third kappa shape index (κ3) is 2.43. The Hall–Kier alpha value is -1.68. The van der Waals surface area contributed by atoms with E-state index >= 15 is 0 Å². The Morgan fingerprint density at radius 1 is 1.33 bits per heavy atom. The zero-order chi connectivity index (χ0) is 12.4. The minimum atomic E-state index is -0.180. The maximum atomic E-state index is 12.8. The van der Waals surface area contributed by atoms with Crippen molar-refractivity contribution in [1.29, 1.82) is 0 Å². The molecule has 0 unspecified atom stereocenters. The standard InChI is InChI=1S/C14H16FN3/c15-12-3-1-11(2-4-12)8-17-13-5-6-18-10-16-9-14(18)7-13/h1-4,9-10,13,17H,5-8H2/t13-/m0/s1. The van der Waals surface area contributed by atoms with Gasteiger partial charge in [-0.25, -0.2) is 9.37 Å². The summed E-state index contributed by atoms with van der Waals surface area (Å²) in [7, 11) is 0. The largest absolute Gasteiger partial charge is 0.334 e. The molecule has 0 saturated carbocycles. The molecule has 3 rings (SSSR count). The number of rotatable bonds is 3. The first-order valence-electron chi connectivity index (χ1n) is 6.28. The maximum absolute atomic E-state index is 12.8. The van der Waals surface area contributed by atoms with Gasteiger partial charge in [-0.1, -0.05) is 12.1 Å². The fourth-order valence-electron chi connectivity index (χ4n) is 2.41.